The average Bonchev–Trinajstić information content (AvgIpc) is 3.02. The molecule has 0 bridgehead atoms. The molecule has 9 nitrogen and oxygen atoms in total. The van der Waals surface area contributed by atoms with Crippen LogP contribution in [0.15, 0.2) is 48.8 Å². The number of nitrogens with one attached hydrogen (secondary N) is 3. The van der Waals surface area contributed by atoms with Crippen LogP contribution >= 0.6 is 0 Å². The highest BCUT2D eigenvalue weighted by Gasteiger charge is 2.26. The summed E-state index contributed by atoms with van der Waals surface area (Å²) in [6.07, 6.45) is 12.5. The number of nitrogens with zero attached hydrogens (tertiary/aromatic N) is 3. The Balaban J connectivity index is 1.07. The van der Waals surface area contributed by atoms with Crippen molar-refractivity contribution in [2.75, 3.05) is 49.5 Å². The van der Waals surface area contributed by atoms with Crippen molar-refractivity contribution < 1.29 is 14.4 Å². The highest BCUT2D eigenvalue weighted by molar-refractivity contribution is 6.35. The molecule has 41 heavy (non-hydrogen) atoms. The fourth-order valence-electron chi connectivity index (χ4n) is 5.79. The topological polar surface area (TPSA) is 107 Å². The third-order valence-corrected chi connectivity index (χ3v) is 8.40. The fourth-order valence-corrected chi connectivity index (χ4v) is 5.79. The third-order valence-electron chi connectivity index (χ3n) is 8.40. The molecule has 1 aromatic carbocycles. The van der Waals surface area contributed by atoms with Crippen molar-refractivity contribution in [3.8, 4) is 0 Å². The number of piperazine rings is 1. The minimum Gasteiger partial charge on any atom is -0.369 e. The molecule has 2 fully saturated rings. The van der Waals surface area contributed by atoms with E-state index < -0.39 is 11.8 Å². The molecule has 0 radical (unpaired) electrons. The second-order valence-electron chi connectivity index (χ2n) is 11.4. The summed E-state index contributed by atoms with van der Waals surface area (Å²) in [7, 11) is 0. The summed E-state index contributed by atoms with van der Waals surface area (Å²) < 4.78 is 0. The first kappa shape index (κ1) is 30.5. The zero-order chi connectivity index (χ0) is 28.9. The van der Waals surface area contributed by atoms with Crippen LogP contribution in [-0.4, -0.2) is 66.9 Å². The SMILES string of the molecule is CCCCC1CCC(C(=O)Nc2ccc(CNC(=O)C(=O)NCCCN3CCN(c4ccncc4)CC3)cc2)CC1. The van der Waals surface area contributed by atoms with Crippen LogP contribution in [0.4, 0.5) is 11.4 Å². The number of anilines is 2. The molecule has 222 valence electrons. The Kier molecular flexibility index (Phi) is 12.0. The van der Waals surface area contributed by atoms with E-state index in [9.17, 15) is 14.4 Å². The van der Waals surface area contributed by atoms with Crippen molar-refractivity contribution in [2.45, 2.75) is 64.8 Å². The molecule has 0 spiro atoms. The van der Waals surface area contributed by atoms with Crippen LogP contribution in [0, 0.1) is 11.8 Å². The highest BCUT2D eigenvalue weighted by Crippen LogP contribution is 2.32. The van der Waals surface area contributed by atoms with Gasteiger partial charge in [-0.2, -0.15) is 0 Å². The van der Waals surface area contributed by atoms with Gasteiger partial charge >= 0.3 is 11.8 Å². The van der Waals surface area contributed by atoms with Crippen LogP contribution in [0.2, 0.25) is 0 Å². The Morgan fingerprint density at radius 3 is 2.22 bits per heavy atom. The summed E-state index contributed by atoms with van der Waals surface area (Å²) in [5, 5.41) is 8.45. The van der Waals surface area contributed by atoms with Gasteiger partial charge in [0, 0.05) is 69.0 Å². The highest BCUT2D eigenvalue weighted by atomic mass is 16.2. The molecule has 1 saturated carbocycles. The predicted molar refractivity (Wildman–Crippen MR) is 162 cm³/mol. The number of amides is 3. The predicted octanol–water partition coefficient (Wildman–Crippen LogP) is 3.96. The van der Waals surface area contributed by atoms with E-state index in [1.165, 1.54) is 24.9 Å². The number of carbonyl (C=O) groups excluding carboxylic acids is 3. The van der Waals surface area contributed by atoms with Crippen LogP contribution in [0.25, 0.3) is 0 Å². The van der Waals surface area contributed by atoms with Crippen LogP contribution in [-0.2, 0) is 20.9 Å². The summed E-state index contributed by atoms with van der Waals surface area (Å²) in [4.78, 5) is 46.0. The molecule has 0 unspecified atom stereocenters. The lowest BCUT2D eigenvalue weighted by Crippen LogP contribution is -2.47. The molecule has 1 aromatic heterocycles. The number of carbonyl (C=O) groups is 3. The van der Waals surface area contributed by atoms with Gasteiger partial charge in [0.2, 0.25) is 5.91 Å². The van der Waals surface area contributed by atoms with E-state index in [4.69, 9.17) is 0 Å². The Morgan fingerprint density at radius 2 is 1.54 bits per heavy atom. The first-order valence-corrected chi connectivity index (χ1v) is 15.3. The minimum absolute atomic E-state index is 0.0909. The van der Waals surface area contributed by atoms with Crippen molar-refractivity contribution in [2.24, 2.45) is 11.8 Å². The minimum atomic E-state index is -0.636. The average molecular weight is 563 g/mol. The molecule has 0 atom stereocenters. The molecule has 3 N–H and O–H groups in total. The standard InChI is InChI=1S/C32H46N6O3/c1-2-3-5-25-6-10-27(11-7-25)30(39)36-28-12-8-26(9-13-28)24-35-32(41)31(40)34-16-4-19-37-20-22-38(23-21-37)29-14-17-33-18-15-29/h8-9,12-15,17-18,25,27H,2-7,10-11,16,19-24H2,1H3,(H,34,40)(H,35,41)(H,36,39). The van der Waals surface area contributed by atoms with Crippen LogP contribution < -0.4 is 20.9 Å². The van der Waals surface area contributed by atoms with Gasteiger partial charge in [-0.25, -0.2) is 0 Å². The van der Waals surface area contributed by atoms with Gasteiger partial charge in [-0.05, 0) is 74.4 Å². The molecule has 2 heterocycles. The van der Waals surface area contributed by atoms with Crippen molar-refractivity contribution in [1.29, 1.82) is 0 Å². The number of hydrogen-bond acceptors (Lipinski definition) is 6. The summed E-state index contributed by atoms with van der Waals surface area (Å²) >= 11 is 0. The van der Waals surface area contributed by atoms with E-state index in [0.29, 0.717) is 6.54 Å². The van der Waals surface area contributed by atoms with E-state index in [1.54, 1.807) is 0 Å². The van der Waals surface area contributed by atoms with E-state index >= 15 is 0 Å². The van der Waals surface area contributed by atoms with Gasteiger partial charge in [-0.1, -0.05) is 38.3 Å². The van der Waals surface area contributed by atoms with Crippen molar-refractivity contribution in [3.05, 3.63) is 54.4 Å². The summed E-state index contributed by atoms with van der Waals surface area (Å²) in [6.45, 7) is 7.70. The monoisotopic (exact) mass is 562 g/mol. The first-order chi connectivity index (χ1) is 20.0. The molecule has 1 saturated heterocycles. The Bertz CT molecular complexity index is 1090. The number of aromatic nitrogens is 1. The van der Waals surface area contributed by atoms with Crippen molar-refractivity contribution in [3.63, 3.8) is 0 Å². The van der Waals surface area contributed by atoms with Gasteiger partial charge in [0.25, 0.3) is 0 Å². The number of benzene rings is 1. The molecule has 2 aromatic rings. The van der Waals surface area contributed by atoms with E-state index in [0.717, 1.165) is 82.0 Å². The molecule has 1 aliphatic heterocycles. The molecule has 9 heteroatoms. The van der Waals surface area contributed by atoms with Crippen molar-refractivity contribution in [1.82, 2.24) is 20.5 Å². The molecule has 3 amide bonds. The Hall–Kier alpha value is -3.46. The second kappa shape index (κ2) is 16.1. The van der Waals surface area contributed by atoms with Crippen LogP contribution in [0.3, 0.4) is 0 Å². The zero-order valence-corrected chi connectivity index (χ0v) is 24.4. The van der Waals surface area contributed by atoms with Gasteiger partial charge in [-0.15, -0.1) is 0 Å². The maximum Gasteiger partial charge on any atom is 0.309 e. The lowest BCUT2D eigenvalue weighted by molar-refractivity contribution is -0.139. The number of hydrogen-bond donors (Lipinski definition) is 3. The van der Waals surface area contributed by atoms with Crippen LogP contribution in [0.5, 0.6) is 0 Å². The summed E-state index contributed by atoms with van der Waals surface area (Å²) in [5.74, 6) is -0.276. The first-order valence-electron chi connectivity index (χ1n) is 15.3. The summed E-state index contributed by atoms with van der Waals surface area (Å²) in [6, 6.07) is 11.5. The van der Waals surface area contributed by atoms with E-state index in [1.807, 2.05) is 48.8 Å². The number of rotatable bonds is 12. The largest absolute Gasteiger partial charge is 0.369 e. The summed E-state index contributed by atoms with van der Waals surface area (Å²) in [5.41, 5.74) is 2.83. The number of pyridine rings is 1. The smallest absolute Gasteiger partial charge is 0.309 e. The molecular weight excluding hydrogens is 516 g/mol. The second-order valence-corrected chi connectivity index (χ2v) is 11.4. The Morgan fingerprint density at radius 1 is 0.854 bits per heavy atom. The fraction of sp³-hybridized carbons (Fsp3) is 0.562. The van der Waals surface area contributed by atoms with Crippen molar-refractivity contribution >= 4 is 29.1 Å². The van der Waals surface area contributed by atoms with Gasteiger partial charge in [0.05, 0.1) is 0 Å². The Labute approximate surface area is 244 Å². The van der Waals surface area contributed by atoms with Gasteiger partial charge in [-0.3, -0.25) is 24.3 Å². The molecular formula is C32H46N6O3. The van der Waals surface area contributed by atoms with E-state index in [-0.39, 0.29) is 18.4 Å². The molecule has 4 rings (SSSR count). The van der Waals surface area contributed by atoms with Gasteiger partial charge in [0.1, 0.15) is 0 Å². The zero-order valence-electron chi connectivity index (χ0n) is 24.4. The molecule has 2 aliphatic rings. The maximum absolute atomic E-state index is 12.7. The lowest BCUT2D eigenvalue weighted by atomic mass is 9.79. The van der Waals surface area contributed by atoms with Crippen LogP contribution in [0.1, 0.15) is 63.9 Å². The lowest BCUT2D eigenvalue weighted by Gasteiger charge is -2.36. The van der Waals surface area contributed by atoms with E-state index in [2.05, 4.69) is 37.7 Å². The molecule has 1 aliphatic carbocycles. The maximum atomic E-state index is 12.7. The quantitative estimate of drug-likeness (QED) is 0.267. The number of unbranched alkanes of at least 4 members (excludes halogenated alkanes) is 1. The third kappa shape index (κ3) is 9.85. The van der Waals surface area contributed by atoms with Gasteiger partial charge < -0.3 is 20.9 Å². The van der Waals surface area contributed by atoms with Gasteiger partial charge in [0.15, 0.2) is 0 Å². The normalized spacial score (nSPS) is 19.4.